The van der Waals surface area contributed by atoms with Gasteiger partial charge in [-0.1, -0.05) is 39.0 Å². The van der Waals surface area contributed by atoms with Crippen molar-refractivity contribution < 1.29 is 42.9 Å². The molecule has 8 aliphatic rings. The second-order valence-electron chi connectivity index (χ2n) is 16.3. The molecule has 4 saturated carbocycles. The Hall–Kier alpha value is -2.23. The lowest BCUT2D eigenvalue weighted by Crippen LogP contribution is -2.79. The van der Waals surface area contributed by atoms with Gasteiger partial charge in [-0.3, -0.25) is 9.59 Å². The first-order chi connectivity index (χ1) is 21.0. The Bertz CT molecular complexity index is 1420. The third kappa shape index (κ3) is 2.81. The summed E-state index contributed by atoms with van der Waals surface area (Å²) in [5.41, 5.74) is -4.65. The molecular formula is C35H44O9. The van der Waals surface area contributed by atoms with E-state index in [2.05, 4.69) is 6.92 Å². The van der Waals surface area contributed by atoms with Gasteiger partial charge in [-0.25, -0.2) is 4.79 Å². The fraction of sp³-hybridized carbons (Fsp3) is 0.800. The summed E-state index contributed by atoms with van der Waals surface area (Å²) in [4.78, 5) is 42.7. The molecule has 9 rings (SSSR count). The first-order valence-electron chi connectivity index (χ1n) is 17.0. The van der Waals surface area contributed by atoms with Crippen molar-refractivity contribution in [3.8, 4) is 0 Å². The van der Waals surface area contributed by atoms with Crippen molar-refractivity contribution >= 4 is 17.7 Å². The maximum atomic E-state index is 15.1. The highest BCUT2D eigenvalue weighted by atomic mass is 16.7. The summed E-state index contributed by atoms with van der Waals surface area (Å²) in [5.74, 6) is -1.81. The van der Waals surface area contributed by atoms with Gasteiger partial charge in [0.15, 0.2) is 11.9 Å². The Balaban J connectivity index is 1.32. The molecule has 0 radical (unpaired) electrons. The van der Waals surface area contributed by atoms with Crippen molar-refractivity contribution in [1.82, 2.24) is 0 Å². The Labute approximate surface area is 257 Å². The number of epoxide rings is 1. The largest absolute Gasteiger partial charge is 0.472 e. The topological polar surface area (TPSA) is 125 Å². The van der Waals surface area contributed by atoms with Gasteiger partial charge in [-0.05, 0) is 70.3 Å². The fourth-order valence-electron chi connectivity index (χ4n) is 13.2. The highest BCUT2D eigenvalue weighted by molar-refractivity contribution is 5.92. The molecule has 4 aliphatic carbocycles. The van der Waals surface area contributed by atoms with E-state index in [1.807, 2.05) is 19.9 Å². The number of esters is 2. The van der Waals surface area contributed by atoms with Crippen LogP contribution in [0.25, 0.3) is 0 Å². The molecule has 44 heavy (non-hydrogen) atoms. The maximum Gasteiger partial charge on any atom is 0.339 e. The van der Waals surface area contributed by atoms with Crippen LogP contribution in [0.15, 0.2) is 23.0 Å². The first-order valence-corrected chi connectivity index (χ1v) is 17.0. The number of ketones is 1. The third-order valence-electron chi connectivity index (χ3n) is 14.4. The van der Waals surface area contributed by atoms with E-state index in [4.69, 9.17) is 23.4 Å². The van der Waals surface area contributed by atoms with Gasteiger partial charge in [0.05, 0.1) is 35.6 Å². The van der Waals surface area contributed by atoms with Crippen molar-refractivity contribution in [3.05, 3.63) is 24.2 Å². The third-order valence-corrected chi connectivity index (χ3v) is 14.4. The monoisotopic (exact) mass is 608 g/mol. The molecule has 0 amide bonds. The summed E-state index contributed by atoms with van der Waals surface area (Å²) < 4.78 is 31.7. The summed E-state index contributed by atoms with van der Waals surface area (Å²) in [5, 5.41) is 12.8. The number of aliphatic hydroxyl groups is 1. The van der Waals surface area contributed by atoms with Gasteiger partial charge in [0.2, 0.25) is 0 Å². The number of aliphatic hydroxyl groups excluding tert-OH is 1. The first kappa shape index (κ1) is 28.0. The van der Waals surface area contributed by atoms with Crippen molar-refractivity contribution in [3.63, 3.8) is 0 Å². The summed E-state index contributed by atoms with van der Waals surface area (Å²) >= 11 is 0. The van der Waals surface area contributed by atoms with E-state index in [1.54, 1.807) is 12.5 Å². The zero-order chi connectivity index (χ0) is 30.5. The van der Waals surface area contributed by atoms with Crippen LogP contribution in [0.2, 0.25) is 0 Å². The van der Waals surface area contributed by atoms with Crippen LogP contribution < -0.4 is 0 Å². The smallest absolute Gasteiger partial charge is 0.339 e. The predicted octanol–water partition coefficient (Wildman–Crippen LogP) is 4.84. The zero-order valence-corrected chi connectivity index (χ0v) is 26.0. The highest BCUT2D eigenvalue weighted by Gasteiger charge is 2.93. The fourth-order valence-corrected chi connectivity index (χ4v) is 13.2. The van der Waals surface area contributed by atoms with E-state index >= 15 is 4.79 Å². The molecule has 238 valence electrons. The van der Waals surface area contributed by atoms with E-state index in [1.165, 1.54) is 0 Å². The quantitative estimate of drug-likeness (QED) is 0.371. The molecule has 1 aromatic heterocycles. The van der Waals surface area contributed by atoms with Gasteiger partial charge in [0.25, 0.3) is 0 Å². The molecule has 0 bridgehead atoms. The average Bonchev–Trinajstić information content (AvgIpc) is 3.32. The predicted molar refractivity (Wildman–Crippen MR) is 153 cm³/mol. The van der Waals surface area contributed by atoms with Crippen LogP contribution in [0.4, 0.5) is 0 Å². The molecule has 4 aliphatic heterocycles. The molecule has 0 aromatic carbocycles. The minimum absolute atomic E-state index is 0.0439. The van der Waals surface area contributed by atoms with Crippen LogP contribution in [0, 0.1) is 39.4 Å². The molecule has 9 nitrogen and oxygen atoms in total. The maximum absolute atomic E-state index is 15.1. The molecule has 1 aromatic rings. The molecule has 9 heteroatoms. The van der Waals surface area contributed by atoms with E-state index in [0.717, 1.165) is 50.5 Å². The number of ether oxygens (including phenoxy) is 4. The number of cyclic esters (lactones) is 2. The van der Waals surface area contributed by atoms with Crippen molar-refractivity contribution in [2.75, 3.05) is 6.61 Å². The van der Waals surface area contributed by atoms with Gasteiger partial charge < -0.3 is 28.5 Å². The molecule has 0 unspecified atom stereocenters. The van der Waals surface area contributed by atoms with E-state index in [-0.39, 0.29) is 30.2 Å². The molecule has 1 N–H and O–H groups in total. The van der Waals surface area contributed by atoms with Gasteiger partial charge in [0, 0.05) is 21.8 Å². The number of hydrogen-bond acceptors (Lipinski definition) is 9. The number of fused-ring (bicyclic) bond motifs is 2. The SMILES string of the molecule is CC1(C)O[C@H]2C3(CCCC3)C(=O)OC[C@@]23[C@@H]1C(=O)[C@@H](O)[C@]1(C2CCCCC2)[C@@H]3CC[C@@]2(C)[C@H](c3ccoc3)OC(=O)[C@H]3O[C@@]312. The lowest BCUT2D eigenvalue weighted by molar-refractivity contribution is -0.284. The van der Waals surface area contributed by atoms with Crippen molar-refractivity contribution in [2.45, 2.75) is 127 Å². The Morgan fingerprint density at radius 3 is 2.34 bits per heavy atom. The van der Waals surface area contributed by atoms with Gasteiger partial charge >= 0.3 is 11.9 Å². The number of carbonyl (C=O) groups is 3. The lowest BCUT2D eigenvalue weighted by Gasteiger charge is -2.70. The molecule has 8 fully saturated rings. The number of hydrogen-bond donors (Lipinski definition) is 1. The Kier molecular flexibility index (Phi) is 5.46. The second kappa shape index (κ2) is 8.56. The summed E-state index contributed by atoms with van der Waals surface area (Å²) in [6, 6.07) is 1.84. The number of rotatable bonds is 2. The Morgan fingerprint density at radius 2 is 1.64 bits per heavy atom. The number of Topliss-reactive ketones (excluding diaryl/α,β-unsaturated/α-hetero) is 1. The summed E-state index contributed by atoms with van der Waals surface area (Å²) in [6.07, 6.45) is 9.19. The van der Waals surface area contributed by atoms with Gasteiger partial charge in [-0.2, -0.15) is 0 Å². The standard InChI is InChI=1S/C35H44O9/c1-30(2)23-22(36)24(37)34(20-9-5-4-6-10-20)21(33(23)18-41-29(39)32(28(33)44-30)13-7-8-14-32)11-15-31(3)25(19-12-16-40-17-19)42-27(38)26-35(31,34)43-26/h12,16-17,20-21,23-26,28,37H,4-11,13-15,18H2,1-3H3/t21-,23-,24-,25+,26-,28+,31+,33-,34+,35-/m1/s1. The second-order valence-corrected chi connectivity index (χ2v) is 16.3. The molecule has 3 spiro atoms. The average molecular weight is 609 g/mol. The minimum atomic E-state index is -1.34. The van der Waals surface area contributed by atoms with Crippen LogP contribution in [-0.4, -0.2) is 58.9 Å². The van der Waals surface area contributed by atoms with Crippen LogP contribution >= 0.6 is 0 Å². The molecule has 4 saturated heterocycles. The summed E-state index contributed by atoms with van der Waals surface area (Å²) in [6.45, 7) is 6.14. The summed E-state index contributed by atoms with van der Waals surface area (Å²) in [7, 11) is 0. The van der Waals surface area contributed by atoms with Crippen LogP contribution in [0.1, 0.15) is 103 Å². The van der Waals surface area contributed by atoms with Gasteiger partial charge in [-0.15, -0.1) is 0 Å². The van der Waals surface area contributed by atoms with Crippen LogP contribution in [0.3, 0.4) is 0 Å². The normalized spacial score (nSPS) is 50.1. The highest BCUT2D eigenvalue weighted by Crippen LogP contribution is 2.83. The van der Waals surface area contributed by atoms with Crippen LogP contribution in [-0.2, 0) is 33.3 Å². The van der Waals surface area contributed by atoms with Gasteiger partial charge in [0.1, 0.15) is 24.4 Å². The van der Waals surface area contributed by atoms with Crippen molar-refractivity contribution in [2.24, 2.45) is 39.4 Å². The van der Waals surface area contributed by atoms with E-state index in [9.17, 15) is 14.7 Å². The molecular weight excluding hydrogens is 564 g/mol. The lowest BCUT2D eigenvalue weighted by atomic mass is 9.32. The molecule has 5 heterocycles. The Morgan fingerprint density at radius 1 is 0.886 bits per heavy atom. The van der Waals surface area contributed by atoms with E-state index < -0.39 is 69.2 Å². The number of furan rings is 1. The molecule has 10 atom stereocenters. The number of carbonyl (C=O) groups excluding carboxylic acids is 3. The van der Waals surface area contributed by atoms with E-state index in [0.29, 0.717) is 25.7 Å². The zero-order valence-electron chi connectivity index (χ0n) is 26.0. The van der Waals surface area contributed by atoms with Crippen molar-refractivity contribution in [1.29, 1.82) is 0 Å². The minimum Gasteiger partial charge on any atom is -0.472 e. The van der Waals surface area contributed by atoms with Crippen LogP contribution in [0.5, 0.6) is 0 Å².